The Morgan fingerprint density at radius 3 is 2.18 bits per heavy atom. The molecule has 0 radical (unpaired) electrons. The molecule has 1 aromatic carbocycles. The number of rotatable bonds is 3. The van der Waals surface area contributed by atoms with Crippen LogP contribution in [0.25, 0.3) is 22.8 Å². The molecule has 3 aromatic heterocycles. The highest BCUT2D eigenvalue weighted by atomic mass is 16.5. The molecule has 6 heteroatoms. The van der Waals surface area contributed by atoms with Crippen molar-refractivity contribution in [3.05, 3.63) is 95.8 Å². The van der Waals surface area contributed by atoms with E-state index < -0.39 is 6.10 Å². The Bertz CT molecular complexity index is 1160. The van der Waals surface area contributed by atoms with Gasteiger partial charge < -0.3 is 4.74 Å². The van der Waals surface area contributed by atoms with E-state index in [2.05, 4.69) is 20.2 Å². The number of benzene rings is 1. The predicted octanol–water partition coefficient (Wildman–Crippen LogP) is 3.86. The molecule has 0 fully saturated rings. The van der Waals surface area contributed by atoms with Crippen LogP contribution in [0.15, 0.2) is 79.1 Å². The number of pyridine rings is 2. The fourth-order valence-electron chi connectivity index (χ4n) is 3.32. The molecule has 0 aliphatic carbocycles. The first-order chi connectivity index (χ1) is 13.8. The highest BCUT2D eigenvalue weighted by Crippen LogP contribution is 2.39. The minimum Gasteiger partial charge on any atom is -0.449 e. The smallest absolute Gasteiger partial charge is 0.339 e. The lowest BCUT2D eigenvalue weighted by Crippen LogP contribution is -2.07. The average molecular weight is 366 g/mol. The topological polar surface area (TPSA) is 77.9 Å². The van der Waals surface area contributed by atoms with E-state index in [4.69, 9.17) is 4.74 Å². The van der Waals surface area contributed by atoms with Crippen LogP contribution in [0.1, 0.15) is 27.6 Å². The van der Waals surface area contributed by atoms with Gasteiger partial charge in [0, 0.05) is 23.5 Å². The Balaban J connectivity index is 1.71. The number of carbonyl (C=O) groups excluding carboxylic acids is 1. The van der Waals surface area contributed by atoms with Crippen LogP contribution in [-0.2, 0) is 4.74 Å². The van der Waals surface area contributed by atoms with E-state index in [1.54, 1.807) is 18.5 Å². The van der Waals surface area contributed by atoms with Gasteiger partial charge in [0.05, 0.1) is 17.0 Å². The maximum Gasteiger partial charge on any atom is 0.339 e. The number of carbonyl (C=O) groups is 1. The van der Waals surface area contributed by atoms with Crippen molar-refractivity contribution in [2.45, 2.75) is 6.10 Å². The summed E-state index contributed by atoms with van der Waals surface area (Å²) in [5.41, 5.74) is 4.65. The van der Waals surface area contributed by atoms with Gasteiger partial charge in [0.1, 0.15) is 11.4 Å². The number of esters is 1. The van der Waals surface area contributed by atoms with E-state index in [1.165, 1.54) is 0 Å². The molecule has 5 rings (SSSR count). The van der Waals surface area contributed by atoms with Gasteiger partial charge in [-0.3, -0.25) is 9.97 Å². The van der Waals surface area contributed by atoms with Gasteiger partial charge >= 0.3 is 5.97 Å². The Hall–Kier alpha value is -3.93. The van der Waals surface area contributed by atoms with E-state index in [1.807, 2.05) is 60.7 Å². The SMILES string of the molecule is O=C1OC(c2cc(-c3ccccn3)nnc2-c2ccccn2)c2ccccc21. The Morgan fingerprint density at radius 2 is 1.43 bits per heavy atom. The van der Waals surface area contributed by atoms with Crippen molar-refractivity contribution in [3.8, 4) is 22.8 Å². The molecule has 1 aliphatic rings. The molecule has 0 N–H and O–H groups in total. The monoisotopic (exact) mass is 366 g/mol. The molecule has 0 saturated heterocycles. The molecule has 6 nitrogen and oxygen atoms in total. The predicted molar refractivity (Wildman–Crippen MR) is 102 cm³/mol. The summed E-state index contributed by atoms with van der Waals surface area (Å²) in [7, 11) is 0. The Morgan fingerprint density at radius 1 is 0.714 bits per heavy atom. The molecule has 0 bridgehead atoms. The second-order valence-corrected chi connectivity index (χ2v) is 6.34. The van der Waals surface area contributed by atoms with Gasteiger partial charge in [-0.15, -0.1) is 10.2 Å². The minimum atomic E-state index is -0.571. The molecule has 4 aromatic rings. The molecule has 1 atom stereocenters. The highest BCUT2D eigenvalue weighted by molar-refractivity contribution is 5.94. The summed E-state index contributed by atoms with van der Waals surface area (Å²) in [4.78, 5) is 21.1. The summed E-state index contributed by atoms with van der Waals surface area (Å²) in [6.07, 6.45) is 2.83. The lowest BCUT2D eigenvalue weighted by Gasteiger charge is -2.15. The van der Waals surface area contributed by atoms with Crippen LogP contribution in [-0.4, -0.2) is 26.1 Å². The van der Waals surface area contributed by atoms with Crippen LogP contribution in [0, 0.1) is 0 Å². The normalized spacial score (nSPS) is 15.1. The average Bonchev–Trinajstić information content (AvgIpc) is 3.11. The molecule has 4 heterocycles. The molecule has 28 heavy (non-hydrogen) atoms. The van der Waals surface area contributed by atoms with Crippen molar-refractivity contribution in [2.75, 3.05) is 0 Å². The zero-order chi connectivity index (χ0) is 18.9. The molecular formula is C22H14N4O2. The van der Waals surface area contributed by atoms with Crippen molar-refractivity contribution >= 4 is 5.97 Å². The summed E-state index contributed by atoms with van der Waals surface area (Å²) in [6, 6.07) is 20.4. The van der Waals surface area contributed by atoms with Crippen LogP contribution >= 0.6 is 0 Å². The van der Waals surface area contributed by atoms with Crippen molar-refractivity contribution in [1.29, 1.82) is 0 Å². The molecular weight excluding hydrogens is 352 g/mol. The fourth-order valence-corrected chi connectivity index (χ4v) is 3.32. The molecule has 0 spiro atoms. The van der Waals surface area contributed by atoms with Crippen molar-refractivity contribution < 1.29 is 9.53 Å². The van der Waals surface area contributed by atoms with Gasteiger partial charge in [-0.2, -0.15) is 0 Å². The summed E-state index contributed by atoms with van der Waals surface area (Å²) in [6.45, 7) is 0. The molecule has 0 amide bonds. The summed E-state index contributed by atoms with van der Waals surface area (Å²) >= 11 is 0. The van der Waals surface area contributed by atoms with E-state index in [9.17, 15) is 4.79 Å². The zero-order valence-electron chi connectivity index (χ0n) is 14.7. The first kappa shape index (κ1) is 16.3. The zero-order valence-corrected chi connectivity index (χ0v) is 14.7. The third-order valence-corrected chi connectivity index (χ3v) is 4.63. The van der Waals surface area contributed by atoms with Gasteiger partial charge in [0.15, 0.2) is 6.10 Å². The standard InChI is InChI=1S/C22H14N4O2/c27-22-15-8-2-1-7-14(15)21(28-22)16-13-19(17-9-3-5-11-23-17)25-26-20(16)18-10-4-6-12-24-18/h1-13,21H. The Labute approximate surface area is 160 Å². The lowest BCUT2D eigenvalue weighted by molar-refractivity contribution is 0.0456. The highest BCUT2D eigenvalue weighted by Gasteiger charge is 2.34. The van der Waals surface area contributed by atoms with Crippen molar-refractivity contribution in [2.24, 2.45) is 0 Å². The molecule has 0 saturated carbocycles. The van der Waals surface area contributed by atoms with Crippen LogP contribution in [0.4, 0.5) is 0 Å². The first-order valence-electron chi connectivity index (χ1n) is 8.81. The van der Waals surface area contributed by atoms with Crippen LogP contribution in [0.5, 0.6) is 0 Å². The number of hydrogen-bond acceptors (Lipinski definition) is 6. The van der Waals surface area contributed by atoms with E-state index in [-0.39, 0.29) is 5.97 Å². The summed E-state index contributed by atoms with van der Waals surface area (Å²) in [5, 5.41) is 8.76. The van der Waals surface area contributed by atoms with Gasteiger partial charge in [-0.05, 0) is 36.4 Å². The summed E-state index contributed by atoms with van der Waals surface area (Å²) < 4.78 is 5.72. The molecule has 1 aliphatic heterocycles. The summed E-state index contributed by atoms with van der Waals surface area (Å²) in [5.74, 6) is -0.344. The Kier molecular flexibility index (Phi) is 3.87. The van der Waals surface area contributed by atoms with E-state index in [0.29, 0.717) is 28.3 Å². The second-order valence-electron chi connectivity index (χ2n) is 6.34. The van der Waals surface area contributed by atoms with Gasteiger partial charge in [-0.1, -0.05) is 30.3 Å². The number of nitrogens with zero attached hydrogens (tertiary/aromatic N) is 4. The van der Waals surface area contributed by atoms with Crippen molar-refractivity contribution in [1.82, 2.24) is 20.2 Å². The number of fused-ring (bicyclic) bond motifs is 1. The number of aromatic nitrogens is 4. The lowest BCUT2D eigenvalue weighted by atomic mass is 9.96. The molecule has 1 unspecified atom stereocenters. The number of cyclic esters (lactones) is 1. The van der Waals surface area contributed by atoms with Crippen LogP contribution in [0.2, 0.25) is 0 Å². The fraction of sp³-hybridized carbons (Fsp3) is 0.0455. The third kappa shape index (κ3) is 2.72. The van der Waals surface area contributed by atoms with Crippen LogP contribution in [0.3, 0.4) is 0 Å². The van der Waals surface area contributed by atoms with Gasteiger partial charge in [0.2, 0.25) is 0 Å². The minimum absolute atomic E-state index is 0.344. The van der Waals surface area contributed by atoms with Crippen LogP contribution < -0.4 is 0 Å². The maximum absolute atomic E-state index is 12.4. The number of ether oxygens (including phenoxy) is 1. The second kappa shape index (κ2) is 6.66. The van der Waals surface area contributed by atoms with E-state index >= 15 is 0 Å². The largest absolute Gasteiger partial charge is 0.449 e. The van der Waals surface area contributed by atoms with Gasteiger partial charge in [0.25, 0.3) is 0 Å². The molecule has 134 valence electrons. The van der Waals surface area contributed by atoms with Crippen molar-refractivity contribution in [3.63, 3.8) is 0 Å². The number of hydrogen-bond donors (Lipinski definition) is 0. The quantitative estimate of drug-likeness (QED) is 0.512. The van der Waals surface area contributed by atoms with Gasteiger partial charge in [-0.25, -0.2) is 4.79 Å². The first-order valence-corrected chi connectivity index (χ1v) is 8.81. The maximum atomic E-state index is 12.4. The van der Waals surface area contributed by atoms with E-state index in [0.717, 1.165) is 11.1 Å². The third-order valence-electron chi connectivity index (χ3n) is 4.63.